The van der Waals surface area contributed by atoms with E-state index in [0.717, 1.165) is 0 Å². The molecule has 0 radical (unpaired) electrons. The fraction of sp³-hybridized carbons (Fsp3) is 0.600. The van der Waals surface area contributed by atoms with Gasteiger partial charge in [-0.2, -0.15) is 0 Å². The number of rotatable bonds is 3. The summed E-state index contributed by atoms with van der Waals surface area (Å²) in [5, 5.41) is 14.5. The molecule has 1 aliphatic rings. The van der Waals surface area contributed by atoms with Crippen molar-refractivity contribution in [3.8, 4) is 0 Å². The molecule has 1 heterocycles. The Morgan fingerprint density at radius 2 is 2.25 bits per heavy atom. The molecule has 90 valence electrons. The van der Waals surface area contributed by atoms with Crippen LogP contribution in [0.1, 0.15) is 20.3 Å². The third-order valence-electron chi connectivity index (χ3n) is 2.47. The maximum absolute atomic E-state index is 11.9. The molecule has 0 aromatic carbocycles. The first-order valence-electron chi connectivity index (χ1n) is 5.08. The van der Waals surface area contributed by atoms with Crippen molar-refractivity contribution in [2.24, 2.45) is 0 Å². The summed E-state index contributed by atoms with van der Waals surface area (Å²) < 4.78 is 0. The number of carbonyl (C=O) groups excluding carboxylic acids is 2. The molecule has 0 aromatic rings. The number of nitrogens with zero attached hydrogens (tertiary/aromatic N) is 1. The predicted molar refractivity (Wildman–Crippen MR) is 57.9 cm³/mol. The highest BCUT2D eigenvalue weighted by atomic mass is 16.3. The monoisotopic (exact) mass is 227 g/mol. The first-order chi connectivity index (χ1) is 7.47. The van der Waals surface area contributed by atoms with Crippen molar-refractivity contribution in [1.82, 2.24) is 15.5 Å². The standard InChI is InChI=1S/C10H17N3O3/c1-6-8(4-5-14)9(16)13(3)10(11-6)12-7(2)15/h10-11,14H,4-5H2,1-3H3,(H,12,15). The van der Waals surface area contributed by atoms with Gasteiger partial charge in [0.1, 0.15) is 0 Å². The Morgan fingerprint density at radius 1 is 1.62 bits per heavy atom. The van der Waals surface area contributed by atoms with Gasteiger partial charge in [0.2, 0.25) is 5.91 Å². The van der Waals surface area contributed by atoms with Crippen molar-refractivity contribution in [3.63, 3.8) is 0 Å². The molecule has 1 rings (SSSR count). The van der Waals surface area contributed by atoms with Crippen LogP contribution < -0.4 is 10.6 Å². The van der Waals surface area contributed by atoms with Gasteiger partial charge in [0.05, 0.1) is 0 Å². The van der Waals surface area contributed by atoms with Gasteiger partial charge in [-0.05, 0) is 6.92 Å². The van der Waals surface area contributed by atoms with Gasteiger partial charge < -0.3 is 20.6 Å². The van der Waals surface area contributed by atoms with Crippen molar-refractivity contribution in [2.75, 3.05) is 13.7 Å². The lowest BCUT2D eigenvalue weighted by Crippen LogP contribution is -2.59. The number of nitrogens with one attached hydrogen (secondary N) is 2. The van der Waals surface area contributed by atoms with E-state index in [1.165, 1.54) is 11.8 Å². The first kappa shape index (κ1) is 12.5. The summed E-state index contributed by atoms with van der Waals surface area (Å²) >= 11 is 0. The van der Waals surface area contributed by atoms with Gasteiger partial charge in [-0.25, -0.2) is 0 Å². The summed E-state index contributed by atoms with van der Waals surface area (Å²) in [5.74, 6) is -0.389. The molecule has 3 N–H and O–H groups in total. The lowest BCUT2D eigenvalue weighted by Gasteiger charge is -2.35. The summed E-state index contributed by atoms with van der Waals surface area (Å²) in [7, 11) is 1.60. The molecule has 6 heteroatoms. The van der Waals surface area contributed by atoms with Crippen LogP contribution >= 0.6 is 0 Å². The number of aliphatic hydroxyl groups excluding tert-OH is 1. The molecule has 1 aliphatic heterocycles. The fourth-order valence-electron chi connectivity index (χ4n) is 1.61. The van der Waals surface area contributed by atoms with E-state index in [1.54, 1.807) is 14.0 Å². The Hall–Kier alpha value is -1.56. The smallest absolute Gasteiger partial charge is 0.254 e. The first-order valence-corrected chi connectivity index (χ1v) is 5.08. The number of allylic oxidation sites excluding steroid dienone is 1. The predicted octanol–water partition coefficient (Wildman–Crippen LogP) is -0.876. The average molecular weight is 227 g/mol. The second-order valence-corrected chi connectivity index (χ2v) is 3.74. The van der Waals surface area contributed by atoms with E-state index < -0.39 is 6.29 Å². The van der Waals surface area contributed by atoms with Crippen LogP contribution in [0.5, 0.6) is 0 Å². The maximum atomic E-state index is 11.9. The van der Waals surface area contributed by atoms with Gasteiger partial charge in [-0.3, -0.25) is 9.59 Å². The minimum absolute atomic E-state index is 0.0707. The minimum atomic E-state index is -0.521. The van der Waals surface area contributed by atoms with Crippen LogP contribution in [-0.2, 0) is 9.59 Å². The second-order valence-electron chi connectivity index (χ2n) is 3.74. The van der Waals surface area contributed by atoms with Gasteiger partial charge in [0, 0.05) is 38.3 Å². The molecule has 0 aliphatic carbocycles. The zero-order valence-corrected chi connectivity index (χ0v) is 9.70. The molecule has 0 aromatic heterocycles. The highest BCUT2D eigenvalue weighted by Crippen LogP contribution is 2.16. The molecule has 2 amide bonds. The molecule has 1 unspecified atom stereocenters. The maximum Gasteiger partial charge on any atom is 0.254 e. The van der Waals surface area contributed by atoms with E-state index in [1.807, 2.05) is 0 Å². The van der Waals surface area contributed by atoms with Crippen LogP contribution in [0.3, 0.4) is 0 Å². The minimum Gasteiger partial charge on any atom is -0.396 e. The fourth-order valence-corrected chi connectivity index (χ4v) is 1.61. The average Bonchev–Trinajstić information content (AvgIpc) is 2.20. The second kappa shape index (κ2) is 4.98. The van der Waals surface area contributed by atoms with Crippen LogP contribution in [0.25, 0.3) is 0 Å². The number of carbonyl (C=O) groups is 2. The summed E-state index contributed by atoms with van der Waals surface area (Å²) in [4.78, 5) is 24.2. The van der Waals surface area contributed by atoms with Crippen molar-refractivity contribution < 1.29 is 14.7 Å². The van der Waals surface area contributed by atoms with E-state index in [4.69, 9.17) is 5.11 Å². The number of likely N-dealkylation sites (N-methyl/N-ethyl adjacent to an activating group) is 1. The number of aliphatic hydroxyl groups is 1. The lowest BCUT2D eigenvalue weighted by molar-refractivity contribution is -0.132. The molecule has 0 fully saturated rings. The molecule has 0 saturated heterocycles. The molecular weight excluding hydrogens is 210 g/mol. The van der Waals surface area contributed by atoms with E-state index >= 15 is 0 Å². The summed E-state index contributed by atoms with van der Waals surface area (Å²) in [6.07, 6.45) is -0.207. The van der Waals surface area contributed by atoms with Gasteiger partial charge in [0.25, 0.3) is 5.91 Å². The van der Waals surface area contributed by atoms with Crippen molar-refractivity contribution in [3.05, 3.63) is 11.3 Å². The Labute approximate surface area is 94.3 Å². The van der Waals surface area contributed by atoms with Crippen molar-refractivity contribution in [2.45, 2.75) is 26.6 Å². The third-order valence-corrected chi connectivity index (χ3v) is 2.47. The van der Waals surface area contributed by atoms with Crippen molar-refractivity contribution >= 4 is 11.8 Å². The molecule has 0 saturated carbocycles. The Kier molecular flexibility index (Phi) is 3.89. The van der Waals surface area contributed by atoms with Crippen LogP contribution in [0, 0.1) is 0 Å². The SMILES string of the molecule is CC(=O)NC1NC(C)=C(CCO)C(=O)N1C. The summed E-state index contributed by atoms with van der Waals surface area (Å²) in [6.45, 7) is 3.08. The Bertz CT molecular complexity index is 338. The van der Waals surface area contributed by atoms with Crippen LogP contribution in [0.15, 0.2) is 11.3 Å². The van der Waals surface area contributed by atoms with Gasteiger partial charge in [-0.15, -0.1) is 0 Å². The van der Waals surface area contributed by atoms with E-state index in [9.17, 15) is 9.59 Å². The number of hydrogen-bond donors (Lipinski definition) is 3. The molecule has 1 atom stereocenters. The molecule has 6 nitrogen and oxygen atoms in total. The zero-order chi connectivity index (χ0) is 12.3. The normalized spacial score (nSPS) is 20.9. The van der Waals surface area contributed by atoms with E-state index in [0.29, 0.717) is 17.7 Å². The molecular formula is C10H17N3O3. The molecule has 0 spiro atoms. The lowest BCUT2D eigenvalue weighted by atomic mass is 10.1. The van der Waals surface area contributed by atoms with Crippen LogP contribution in [-0.4, -0.2) is 41.8 Å². The quantitative estimate of drug-likeness (QED) is 0.585. The van der Waals surface area contributed by atoms with Gasteiger partial charge in [-0.1, -0.05) is 0 Å². The summed E-state index contributed by atoms with van der Waals surface area (Å²) in [6, 6.07) is 0. The highest BCUT2D eigenvalue weighted by molar-refractivity contribution is 5.95. The van der Waals surface area contributed by atoms with Crippen molar-refractivity contribution in [1.29, 1.82) is 0 Å². The van der Waals surface area contributed by atoms with E-state index in [2.05, 4.69) is 10.6 Å². The number of hydrogen-bond acceptors (Lipinski definition) is 4. The van der Waals surface area contributed by atoms with Gasteiger partial charge >= 0.3 is 0 Å². The largest absolute Gasteiger partial charge is 0.396 e. The Morgan fingerprint density at radius 3 is 2.75 bits per heavy atom. The topological polar surface area (TPSA) is 81.7 Å². The molecule has 16 heavy (non-hydrogen) atoms. The Balaban J connectivity index is 2.86. The van der Waals surface area contributed by atoms with Crippen LogP contribution in [0.2, 0.25) is 0 Å². The zero-order valence-electron chi connectivity index (χ0n) is 9.70. The van der Waals surface area contributed by atoms with Gasteiger partial charge in [0.15, 0.2) is 6.29 Å². The highest BCUT2D eigenvalue weighted by Gasteiger charge is 2.29. The van der Waals surface area contributed by atoms with E-state index in [-0.39, 0.29) is 18.4 Å². The molecule has 0 bridgehead atoms. The van der Waals surface area contributed by atoms with Crippen LogP contribution in [0.4, 0.5) is 0 Å². The number of amides is 2. The third kappa shape index (κ3) is 2.52. The summed E-state index contributed by atoms with van der Waals surface area (Å²) in [5.41, 5.74) is 1.24.